The zero-order valence-corrected chi connectivity index (χ0v) is 6.16. The molecule has 1 aromatic carbocycles. The van der Waals surface area contributed by atoms with Gasteiger partial charge in [-0.3, -0.25) is 4.98 Å². The van der Waals surface area contributed by atoms with E-state index in [0.717, 1.165) is 5.39 Å². The summed E-state index contributed by atoms with van der Waals surface area (Å²) >= 11 is 0. The number of benzene rings is 1. The lowest BCUT2D eigenvalue weighted by Crippen LogP contribution is -1.78. The molecule has 0 amide bonds. The van der Waals surface area contributed by atoms with E-state index in [0.29, 0.717) is 5.39 Å². The highest BCUT2D eigenvalue weighted by atomic mass is 19.1. The van der Waals surface area contributed by atoms with Gasteiger partial charge in [-0.05, 0) is 18.2 Å². The average Bonchev–Trinajstić information content (AvgIpc) is 2.07. The van der Waals surface area contributed by atoms with E-state index in [1.807, 2.05) is 0 Å². The van der Waals surface area contributed by atoms with E-state index >= 15 is 0 Å². The van der Waals surface area contributed by atoms with Gasteiger partial charge in [-0.25, -0.2) is 4.39 Å². The molecule has 0 aliphatic rings. The molecular weight excluding hydrogens is 157 g/mol. The van der Waals surface area contributed by atoms with Crippen LogP contribution in [0.15, 0.2) is 30.6 Å². The zero-order chi connectivity index (χ0) is 8.55. The third-order valence-corrected chi connectivity index (χ3v) is 1.70. The fourth-order valence-corrected chi connectivity index (χ4v) is 1.12. The maximum absolute atomic E-state index is 12.7. The minimum absolute atomic E-state index is 0.00648. The number of halogens is 1. The number of hydrogen-bond donors (Lipinski definition) is 1. The van der Waals surface area contributed by atoms with Gasteiger partial charge in [0.2, 0.25) is 0 Å². The summed E-state index contributed by atoms with van der Waals surface area (Å²) in [5.41, 5.74) is 0. The highest BCUT2D eigenvalue weighted by molar-refractivity contribution is 5.86. The highest BCUT2D eigenvalue weighted by Crippen LogP contribution is 2.22. The first kappa shape index (κ1) is 7.03. The summed E-state index contributed by atoms with van der Waals surface area (Å²) in [7, 11) is 0. The van der Waals surface area contributed by atoms with Crippen LogP contribution in [0.4, 0.5) is 4.39 Å². The van der Waals surface area contributed by atoms with E-state index in [1.54, 1.807) is 12.3 Å². The van der Waals surface area contributed by atoms with Gasteiger partial charge in [0.05, 0.1) is 6.20 Å². The Balaban J connectivity index is 2.88. The van der Waals surface area contributed by atoms with Gasteiger partial charge in [-0.15, -0.1) is 0 Å². The smallest absolute Gasteiger partial charge is 0.141 e. The average molecular weight is 163 g/mol. The quantitative estimate of drug-likeness (QED) is 0.645. The van der Waals surface area contributed by atoms with Gasteiger partial charge in [0.1, 0.15) is 11.6 Å². The molecule has 3 heteroatoms. The summed E-state index contributed by atoms with van der Waals surface area (Å²) in [6.07, 6.45) is 2.87. The van der Waals surface area contributed by atoms with Crippen molar-refractivity contribution < 1.29 is 9.50 Å². The van der Waals surface area contributed by atoms with Gasteiger partial charge in [-0.2, -0.15) is 0 Å². The molecular formula is C9H6FNO. The molecule has 0 spiro atoms. The first-order valence-electron chi connectivity index (χ1n) is 3.49. The van der Waals surface area contributed by atoms with Gasteiger partial charge >= 0.3 is 0 Å². The number of fused-ring (bicyclic) bond motifs is 1. The molecule has 1 heterocycles. The molecule has 0 fully saturated rings. The van der Waals surface area contributed by atoms with Crippen LogP contribution in [0.1, 0.15) is 0 Å². The Bertz CT molecular complexity index is 428. The van der Waals surface area contributed by atoms with Crippen molar-refractivity contribution >= 4 is 10.8 Å². The third kappa shape index (κ3) is 0.993. The number of pyridine rings is 1. The topological polar surface area (TPSA) is 33.1 Å². The van der Waals surface area contributed by atoms with Crippen molar-refractivity contribution in [3.05, 3.63) is 36.4 Å². The molecule has 0 saturated heterocycles. The van der Waals surface area contributed by atoms with Gasteiger partial charge in [-0.1, -0.05) is 0 Å². The summed E-state index contributed by atoms with van der Waals surface area (Å²) < 4.78 is 12.7. The van der Waals surface area contributed by atoms with Crippen LogP contribution in [-0.4, -0.2) is 10.1 Å². The van der Waals surface area contributed by atoms with Crippen LogP contribution in [0, 0.1) is 5.82 Å². The minimum atomic E-state index is -0.357. The molecule has 0 saturated carbocycles. The Labute approximate surface area is 68.3 Å². The van der Waals surface area contributed by atoms with Gasteiger partial charge < -0.3 is 5.11 Å². The second-order valence-electron chi connectivity index (χ2n) is 2.52. The molecule has 0 unspecified atom stereocenters. The lowest BCUT2D eigenvalue weighted by atomic mass is 10.1. The Morgan fingerprint density at radius 3 is 2.92 bits per heavy atom. The van der Waals surface area contributed by atoms with Crippen LogP contribution >= 0.6 is 0 Å². The molecule has 0 radical (unpaired) electrons. The lowest BCUT2D eigenvalue weighted by molar-refractivity contribution is 0.479. The predicted octanol–water partition coefficient (Wildman–Crippen LogP) is 2.08. The van der Waals surface area contributed by atoms with Crippen LogP contribution < -0.4 is 0 Å². The molecule has 60 valence electrons. The normalized spacial score (nSPS) is 10.4. The van der Waals surface area contributed by atoms with E-state index in [1.165, 1.54) is 18.3 Å². The minimum Gasteiger partial charge on any atom is -0.506 e. The molecule has 0 aliphatic carbocycles. The standard InChI is InChI=1S/C9H6FNO/c10-7-2-1-6-4-11-5-9(12)8(6)3-7/h1-5,12H. The molecule has 1 N–H and O–H groups in total. The number of aromatic hydroxyl groups is 1. The Morgan fingerprint density at radius 2 is 2.08 bits per heavy atom. The maximum atomic E-state index is 12.7. The molecule has 12 heavy (non-hydrogen) atoms. The van der Waals surface area contributed by atoms with E-state index in [-0.39, 0.29) is 11.6 Å². The molecule has 2 aromatic rings. The molecule has 2 rings (SSSR count). The molecule has 2 nitrogen and oxygen atoms in total. The Kier molecular flexibility index (Phi) is 1.43. The number of hydrogen-bond acceptors (Lipinski definition) is 2. The summed E-state index contributed by atoms with van der Waals surface area (Å²) in [6.45, 7) is 0. The van der Waals surface area contributed by atoms with Gasteiger partial charge in [0.15, 0.2) is 0 Å². The first-order valence-corrected chi connectivity index (χ1v) is 3.49. The van der Waals surface area contributed by atoms with Crippen LogP contribution in [0.25, 0.3) is 10.8 Å². The van der Waals surface area contributed by atoms with Gasteiger partial charge in [0.25, 0.3) is 0 Å². The van der Waals surface area contributed by atoms with Crippen LogP contribution in [-0.2, 0) is 0 Å². The van der Waals surface area contributed by atoms with Crippen LogP contribution in [0.3, 0.4) is 0 Å². The first-order chi connectivity index (χ1) is 5.77. The van der Waals surface area contributed by atoms with E-state index in [9.17, 15) is 9.50 Å². The van der Waals surface area contributed by atoms with Crippen molar-refractivity contribution in [2.75, 3.05) is 0 Å². The summed E-state index contributed by atoms with van der Waals surface area (Å²) in [5, 5.41) is 10.5. The van der Waals surface area contributed by atoms with Crippen LogP contribution in [0.5, 0.6) is 5.75 Å². The van der Waals surface area contributed by atoms with Crippen molar-refractivity contribution in [1.82, 2.24) is 4.98 Å². The number of rotatable bonds is 0. The lowest BCUT2D eigenvalue weighted by Gasteiger charge is -1.98. The predicted molar refractivity (Wildman–Crippen MR) is 43.4 cm³/mol. The second kappa shape index (κ2) is 2.44. The molecule has 1 aromatic heterocycles. The van der Waals surface area contributed by atoms with Crippen LogP contribution in [0.2, 0.25) is 0 Å². The summed E-state index contributed by atoms with van der Waals surface area (Å²) in [5.74, 6) is -0.351. The van der Waals surface area contributed by atoms with E-state index in [2.05, 4.69) is 4.98 Å². The maximum Gasteiger partial charge on any atom is 0.141 e. The zero-order valence-electron chi connectivity index (χ0n) is 6.16. The van der Waals surface area contributed by atoms with Crippen molar-refractivity contribution in [3.8, 4) is 5.75 Å². The molecule has 0 atom stereocenters. The third-order valence-electron chi connectivity index (χ3n) is 1.70. The highest BCUT2D eigenvalue weighted by Gasteiger charge is 1.99. The van der Waals surface area contributed by atoms with Crippen molar-refractivity contribution in [2.45, 2.75) is 0 Å². The van der Waals surface area contributed by atoms with E-state index < -0.39 is 0 Å². The summed E-state index contributed by atoms with van der Waals surface area (Å²) in [6, 6.07) is 4.20. The molecule has 0 bridgehead atoms. The van der Waals surface area contributed by atoms with Gasteiger partial charge in [0, 0.05) is 17.0 Å². The van der Waals surface area contributed by atoms with Crippen molar-refractivity contribution in [1.29, 1.82) is 0 Å². The Hall–Kier alpha value is -1.64. The fourth-order valence-electron chi connectivity index (χ4n) is 1.12. The SMILES string of the molecule is Oc1cncc2ccc(F)cc12. The number of aromatic nitrogens is 1. The largest absolute Gasteiger partial charge is 0.506 e. The Morgan fingerprint density at radius 1 is 1.25 bits per heavy atom. The van der Waals surface area contributed by atoms with Crippen molar-refractivity contribution in [2.24, 2.45) is 0 Å². The monoisotopic (exact) mass is 163 g/mol. The van der Waals surface area contributed by atoms with Crippen molar-refractivity contribution in [3.63, 3.8) is 0 Å². The summed E-state index contributed by atoms with van der Waals surface area (Å²) in [4.78, 5) is 3.77. The fraction of sp³-hybridized carbons (Fsp3) is 0. The second-order valence-corrected chi connectivity index (χ2v) is 2.52. The number of nitrogens with zero attached hydrogens (tertiary/aromatic N) is 1. The molecule has 0 aliphatic heterocycles. The van der Waals surface area contributed by atoms with E-state index in [4.69, 9.17) is 0 Å².